The molecule has 0 aromatic heterocycles. The van der Waals surface area contributed by atoms with Gasteiger partial charge < -0.3 is 64.8 Å². The number of amides is 12. The fraction of sp³-hybridized carbons (Fsp3) is 0.836. The van der Waals surface area contributed by atoms with Crippen LogP contribution in [0.3, 0.4) is 0 Å². The maximum Gasteiger partial charge on any atom is 0.392 e. The van der Waals surface area contributed by atoms with E-state index in [4.69, 9.17) is 4.74 Å². The topological polar surface area (TPSA) is 279 Å². The van der Waals surface area contributed by atoms with E-state index in [1.807, 2.05) is 0 Å². The fourth-order valence-electron chi connectivity index (χ4n) is 17.2. The standard InChI is InChI=1S/C73H116F6N12O13/c1-14-43(4)60-68(101)85(9)42-59(94)87(11)53-24-19-20-35-90(67(53)100)56(37-46-25-29-48(30-26-46)72(74,75)76)66(99)84(8)41-57(92)80-51(32-28-45-27-31-50(44(5)36-45)73(77,78)79)64(97)91-40-49(104-16-3)38-54(91)63(96)82-71(33-21-34-71)70(103)89(13)61(47-22-17-18-23-47)69(102)88(12)55(65(98)83(6)7)39-58(93)86(10)52(15-2)62(95)81-60/h43-56,60-61H,14-42H2,1-13H3,(H,80,92)(H,81,95)(H,82,96)/t43-,44?,45?,46?,48?,49+,50?,51-,52-,53-,54-,55-,56-,60-,61-/m0/s1. The average molecular weight is 1480 g/mol. The summed E-state index contributed by atoms with van der Waals surface area (Å²) in [5, 5.41) is 8.62. The second-order valence-electron chi connectivity index (χ2n) is 31.3. The Morgan fingerprint density at radius 3 is 1.81 bits per heavy atom. The van der Waals surface area contributed by atoms with Crippen LogP contribution in [0, 0.1) is 41.4 Å². The van der Waals surface area contributed by atoms with E-state index in [-0.39, 0.29) is 122 Å². The molecule has 31 heteroatoms. The van der Waals surface area contributed by atoms with Crippen molar-refractivity contribution in [3.05, 3.63) is 0 Å². The number of nitrogens with one attached hydrogen (secondary N) is 3. The Kier molecular flexibility index (Phi) is 29.4. The number of halogens is 6. The molecule has 4 aliphatic carbocycles. The predicted molar refractivity (Wildman–Crippen MR) is 371 cm³/mol. The molecule has 7 aliphatic rings. The van der Waals surface area contributed by atoms with Gasteiger partial charge in [0.05, 0.1) is 37.5 Å². The summed E-state index contributed by atoms with van der Waals surface area (Å²) in [6.07, 6.45) is -6.21. The molecule has 4 saturated carbocycles. The number of rotatable bonds is 12. The average Bonchev–Trinajstić information content (AvgIpc) is 0.953. The summed E-state index contributed by atoms with van der Waals surface area (Å²) in [4.78, 5) is 191. The number of nitrogens with zero attached hydrogens (tertiary/aromatic N) is 9. The summed E-state index contributed by atoms with van der Waals surface area (Å²) >= 11 is 0. The van der Waals surface area contributed by atoms with Crippen molar-refractivity contribution in [2.75, 3.05) is 89.2 Å². The first-order chi connectivity index (χ1) is 48.8. The van der Waals surface area contributed by atoms with Crippen LogP contribution >= 0.6 is 0 Å². The van der Waals surface area contributed by atoms with Crippen LogP contribution in [0.2, 0.25) is 0 Å². The van der Waals surface area contributed by atoms with Crippen LogP contribution in [0.25, 0.3) is 0 Å². The third kappa shape index (κ3) is 20.1. The Balaban J connectivity index is 1.30. The van der Waals surface area contributed by atoms with Crippen LogP contribution in [-0.4, -0.2) is 276 Å². The summed E-state index contributed by atoms with van der Waals surface area (Å²) in [5.74, 6) is -14.3. The Morgan fingerprint density at radius 2 is 1.24 bits per heavy atom. The minimum atomic E-state index is -4.46. The summed E-state index contributed by atoms with van der Waals surface area (Å²) in [7, 11) is 11.1. The first-order valence-corrected chi connectivity index (χ1v) is 37.8. The van der Waals surface area contributed by atoms with Crippen molar-refractivity contribution in [3.8, 4) is 0 Å². The Bertz CT molecular complexity index is 3070. The van der Waals surface area contributed by atoms with Gasteiger partial charge in [-0.1, -0.05) is 47.0 Å². The molecule has 104 heavy (non-hydrogen) atoms. The summed E-state index contributed by atoms with van der Waals surface area (Å²) < 4.78 is 90.8. The lowest BCUT2D eigenvalue weighted by Crippen LogP contribution is -2.68. The first kappa shape index (κ1) is 84.4. The largest absolute Gasteiger partial charge is 0.392 e. The minimum Gasteiger partial charge on any atom is -0.377 e. The van der Waals surface area contributed by atoms with Crippen LogP contribution in [0.4, 0.5) is 26.3 Å². The zero-order valence-electron chi connectivity index (χ0n) is 63.3. The highest BCUT2D eigenvalue weighted by Gasteiger charge is 2.55. The molecule has 25 nitrogen and oxygen atoms in total. The third-order valence-electron chi connectivity index (χ3n) is 24.1. The van der Waals surface area contributed by atoms with Crippen LogP contribution in [0.1, 0.15) is 189 Å². The molecule has 7 rings (SSSR count). The molecule has 7 fully saturated rings. The Morgan fingerprint density at radius 1 is 0.615 bits per heavy atom. The third-order valence-corrected chi connectivity index (χ3v) is 24.1. The van der Waals surface area contributed by atoms with Crippen molar-refractivity contribution in [2.24, 2.45) is 41.4 Å². The van der Waals surface area contributed by atoms with E-state index in [2.05, 4.69) is 16.0 Å². The van der Waals surface area contributed by atoms with Crippen LogP contribution in [-0.2, 0) is 62.3 Å². The number of likely N-dealkylation sites (N-methyl/N-ethyl adjacent to an activating group) is 7. The lowest BCUT2D eigenvalue weighted by Gasteiger charge is -2.46. The molecule has 0 aromatic carbocycles. The van der Waals surface area contributed by atoms with Gasteiger partial charge in [0.15, 0.2) is 0 Å². The van der Waals surface area contributed by atoms with Crippen molar-refractivity contribution < 1.29 is 88.6 Å². The summed E-state index contributed by atoms with van der Waals surface area (Å²) in [6.45, 7) is 7.04. The van der Waals surface area contributed by atoms with Gasteiger partial charge in [-0.2, -0.15) is 26.3 Å². The molecule has 3 N–H and O–H groups in total. The molecular weight excluding hydrogens is 1370 g/mol. The normalized spacial score (nSPS) is 31.7. The van der Waals surface area contributed by atoms with E-state index >= 15 is 28.8 Å². The highest BCUT2D eigenvalue weighted by Crippen LogP contribution is 2.46. The van der Waals surface area contributed by atoms with Crippen LogP contribution < -0.4 is 16.0 Å². The first-order valence-electron chi connectivity index (χ1n) is 37.8. The van der Waals surface area contributed by atoms with E-state index < -0.39 is 198 Å². The monoisotopic (exact) mass is 1480 g/mol. The van der Waals surface area contributed by atoms with Crippen molar-refractivity contribution in [1.82, 2.24) is 60.0 Å². The summed E-state index contributed by atoms with van der Waals surface area (Å²) in [5.41, 5.74) is -1.61. The maximum atomic E-state index is 15.6. The SMILES string of the molecule is CCO[C@@H]1C[C@H]2C(=O)NC3(CCC3)C(=O)N(C)[C@@H](C3CCCC3)C(=O)N(C)[C@H](C(=O)N(C)C)CC(=O)N(C)[C@@H](CC)C(=O)N[C@@H]([C@@H](C)CC)C(=O)N(C)CC(=O)N(C)[C@H]3CCCCN(C3=O)[C@@H](CC3CCC(C(F)(F)F)CC3)C(=O)N(C)CC(=O)N[C@@H](CCC3CCC(C(F)(F)F)C(C)C3)C(=O)N2C1. The number of hydrogen-bond acceptors (Lipinski definition) is 13. The van der Waals surface area contributed by atoms with Gasteiger partial charge in [0, 0.05) is 82.5 Å². The molecule has 1 spiro atoms. The van der Waals surface area contributed by atoms with Gasteiger partial charge in [0.2, 0.25) is 70.9 Å². The van der Waals surface area contributed by atoms with Gasteiger partial charge in [0.1, 0.15) is 53.9 Å². The van der Waals surface area contributed by atoms with Gasteiger partial charge in [-0.05, 0) is 159 Å². The van der Waals surface area contributed by atoms with Gasteiger partial charge in [-0.15, -0.1) is 0 Å². The second-order valence-corrected chi connectivity index (χ2v) is 31.3. The number of carbonyl (C=O) groups excluding carboxylic acids is 12. The zero-order chi connectivity index (χ0) is 77.2. The fourth-order valence-corrected chi connectivity index (χ4v) is 17.2. The van der Waals surface area contributed by atoms with Gasteiger partial charge in [-0.3, -0.25) is 57.5 Å². The molecule has 0 radical (unpaired) electrons. The Hall–Kier alpha value is -6.82. The number of hydrogen-bond donors (Lipinski definition) is 3. The van der Waals surface area contributed by atoms with Crippen molar-refractivity contribution in [3.63, 3.8) is 0 Å². The molecule has 12 amide bonds. The Labute approximate surface area is 609 Å². The highest BCUT2D eigenvalue weighted by atomic mass is 19.4. The lowest BCUT2D eigenvalue weighted by atomic mass is 9.73. The smallest absolute Gasteiger partial charge is 0.377 e. The van der Waals surface area contributed by atoms with Crippen LogP contribution in [0.5, 0.6) is 0 Å². The van der Waals surface area contributed by atoms with E-state index in [0.29, 0.717) is 51.4 Å². The molecule has 3 saturated heterocycles. The molecule has 2 bridgehead atoms. The molecule has 3 heterocycles. The molecule has 3 unspecified atom stereocenters. The van der Waals surface area contributed by atoms with Crippen LogP contribution in [0.15, 0.2) is 0 Å². The molecule has 588 valence electrons. The predicted octanol–water partition coefficient (Wildman–Crippen LogP) is 5.90. The highest BCUT2D eigenvalue weighted by molar-refractivity contribution is 6.01. The van der Waals surface area contributed by atoms with Gasteiger partial charge in [0.25, 0.3) is 0 Å². The van der Waals surface area contributed by atoms with Crippen molar-refractivity contribution in [1.29, 1.82) is 0 Å². The van der Waals surface area contributed by atoms with E-state index in [9.17, 15) is 55.1 Å². The van der Waals surface area contributed by atoms with E-state index in [1.165, 1.54) is 87.8 Å². The number of ether oxygens (including phenoxy) is 1. The molecule has 0 aromatic rings. The number of alkyl halides is 6. The van der Waals surface area contributed by atoms with Gasteiger partial charge >= 0.3 is 12.4 Å². The quantitative estimate of drug-likeness (QED) is 0.192. The molecular formula is C73H116F6N12O13. The number of carbonyl (C=O) groups is 12. The minimum absolute atomic E-state index is 0.0220. The maximum absolute atomic E-state index is 15.6. The zero-order valence-corrected chi connectivity index (χ0v) is 63.3. The van der Waals surface area contributed by atoms with Crippen molar-refractivity contribution >= 4 is 70.9 Å². The van der Waals surface area contributed by atoms with E-state index in [1.54, 1.807) is 27.7 Å². The summed E-state index contributed by atoms with van der Waals surface area (Å²) in [6, 6.07) is -10.5. The lowest BCUT2D eigenvalue weighted by molar-refractivity contribution is -0.197. The van der Waals surface area contributed by atoms with E-state index in [0.717, 1.165) is 19.6 Å². The molecule has 3 aliphatic heterocycles. The number of fused-ring (bicyclic) bond motifs is 3. The molecule has 13 atom stereocenters. The van der Waals surface area contributed by atoms with Crippen molar-refractivity contribution in [2.45, 2.75) is 261 Å². The second kappa shape index (κ2) is 36.2. The van der Waals surface area contributed by atoms with Gasteiger partial charge in [-0.25, -0.2) is 0 Å².